The molecule has 20 heavy (non-hydrogen) atoms. The third kappa shape index (κ3) is 2.85. The molecular formula is C12H14N4O3S. The predicted octanol–water partition coefficient (Wildman–Crippen LogP) is 2.08. The first-order valence-electron chi connectivity index (χ1n) is 6.08. The molecule has 2 aromatic rings. The molecule has 0 aliphatic carbocycles. The fourth-order valence-electron chi connectivity index (χ4n) is 1.82. The van der Waals surface area contributed by atoms with Gasteiger partial charge in [-0.05, 0) is 30.9 Å². The third-order valence-electron chi connectivity index (χ3n) is 2.66. The molecule has 0 bridgehead atoms. The average molecular weight is 294 g/mol. The van der Waals surface area contributed by atoms with Crippen LogP contribution in [0.2, 0.25) is 0 Å². The molecule has 0 unspecified atom stereocenters. The van der Waals surface area contributed by atoms with Crippen LogP contribution < -0.4 is 5.32 Å². The largest absolute Gasteiger partial charge is 0.477 e. The maximum absolute atomic E-state index is 12.2. The molecule has 0 saturated heterocycles. The van der Waals surface area contributed by atoms with E-state index >= 15 is 0 Å². The van der Waals surface area contributed by atoms with Gasteiger partial charge in [-0.15, -0.1) is 5.10 Å². The highest BCUT2D eigenvalue weighted by Crippen LogP contribution is 2.20. The van der Waals surface area contributed by atoms with Crippen LogP contribution in [0, 0.1) is 6.92 Å². The lowest BCUT2D eigenvalue weighted by Crippen LogP contribution is -2.14. The summed E-state index contributed by atoms with van der Waals surface area (Å²) in [6.07, 6.45) is 1.52. The van der Waals surface area contributed by atoms with Crippen LogP contribution in [-0.4, -0.2) is 31.6 Å². The monoisotopic (exact) mass is 294 g/mol. The van der Waals surface area contributed by atoms with Crippen LogP contribution in [0.3, 0.4) is 0 Å². The van der Waals surface area contributed by atoms with Crippen molar-refractivity contribution in [3.63, 3.8) is 0 Å². The smallest absolute Gasteiger partial charge is 0.354 e. The van der Waals surface area contributed by atoms with Gasteiger partial charge in [0, 0.05) is 5.69 Å². The highest BCUT2D eigenvalue weighted by molar-refractivity contribution is 7.08. The number of carbonyl (C=O) groups is 2. The number of aromatic nitrogens is 3. The van der Waals surface area contributed by atoms with Crippen molar-refractivity contribution in [3.05, 3.63) is 28.0 Å². The van der Waals surface area contributed by atoms with Crippen LogP contribution in [0.15, 0.2) is 6.07 Å². The summed E-state index contributed by atoms with van der Waals surface area (Å²) in [7, 11) is 0. The second kappa shape index (κ2) is 5.83. The summed E-state index contributed by atoms with van der Waals surface area (Å²) in [5.41, 5.74) is 1.51. The molecule has 0 radical (unpaired) electrons. The van der Waals surface area contributed by atoms with Crippen molar-refractivity contribution >= 4 is 29.1 Å². The van der Waals surface area contributed by atoms with Crippen LogP contribution in [0.5, 0.6) is 0 Å². The van der Waals surface area contributed by atoms with Gasteiger partial charge in [0.05, 0.1) is 11.4 Å². The van der Waals surface area contributed by atoms with Crippen LogP contribution in [0.1, 0.15) is 44.9 Å². The molecule has 2 heterocycles. The molecule has 2 aromatic heterocycles. The summed E-state index contributed by atoms with van der Waals surface area (Å²) in [5, 5.41) is 15.6. The van der Waals surface area contributed by atoms with Crippen LogP contribution in [0.25, 0.3) is 0 Å². The van der Waals surface area contributed by atoms with Crippen LogP contribution in [-0.2, 0) is 6.42 Å². The Hall–Kier alpha value is -2.22. The van der Waals surface area contributed by atoms with E-state index in [0.717, 1.165) is 18.0 Å². The standard InChI is InChI=1S/C12H14N4O3S/c1-3-4-7-10(20-16-15-7)11(17)14-8-5-6(2)13-9(8)12(18)19/h5,13H,3-4H2,1-2H3,(H,14,17)(H,18,19). The number of nitrogens with one attached hydrogen (secondary N) is 2. The highest BCUT2D eigenvalue weighted by atomic mass is 32.1. The first-order valence-corrected chi connectivity index (χ1v) is 6.85. The summed E-state index contributed by atoms with van der Waals surface area (Å²) in [4.78, 5) is 26.3. The van der Waals surface area contributed by atoms with Crippen molar-refractivity contribution in [3.8, 4) is 0 Å². The quantitative estimate of drug-likeness (QED) is 0.782. The van der Waals surface area contributed by atoms with Gasteiger partial charge in [-0.2, -0.15) is 0 Å². The number of hydrogen-bond acceptors (Lipinski definition) is 5. The number of rotatable bonds is 5. The zero-order valence-corrected chi connectivity index (χ0v) is 11.9. The summed E-state index contributed by atoms with van der Waals surface area (Å²) < 4.78 is 3.77. The van der Waals surface area contributed by atoms with Gasteiger partial charge in [-0.3, -0.25) is 4.79 Å². The van der Waals surface area contributed by atoms with Crippen LogP contribution in [0.4, 0.5) is 5.69 Å². The Kier molecular flexibility index (Phi) is 4.14. The molecule has 0 aliphatic rings. The lowest BCUT2D eigenvalue weighted by atomic mass is 10.2. The van der Waals surface area contributed by atoms with Crippen molar-refractivity contribution < 1.29 is 14.7 Å². The number of carboxylic acids is 1. The molecule has 2 rings (SSSR count). The Bertz CT molecular complexity index is 647. The Morgan fingerprint density at radius 3 is 2.90 bits per heavy atom. The maximum atomic E-state index is 12.2. The molecule has 8 heteroatoms. The van der Waals surface area contributed by atoms with E-state index in [2.05, 4.69) is 19.9 Å². The number of hydrogen-bond donors (Lipinski definition) is 3. The summed E-state index contributed by atoms with van der Waals surface area (Å²) in [6.45, 7) is 3.71. The Morgan fingerprint density at radius 2 is 2.25 bits per heavy atom. The van der Waals surface area contributed by atoms with E-state index in [1.165, 1.54) is 0 Å². The molecule has 3 N–H and O–H groups in total. The zero-order chi connectivity index (χ0) is 14.7. The van der Waals surface area contributed by atoms with Crippen LogP contribution >= 0.6 is 11.5 Å². The SMILES string of the molecule is CCCc1nnsc1C(=O)Nc1cc(C)[nH]c1C(=O)O. The molecule has 0 spiro atoms. The summed E-state index contributed by atoms with van der Waals surface area (Å²) in [5.74, 6) is -1.51. The average Bonchev–Trinajstić information content (AvgIpc) is 2.96. The van der Waals surface area contributed by atoms with Gasteiger partial charge >= 0.3 is 5.97 Å². The van der Waals surface area contributed by atoms with Crippen molar-refractivity contribution in [1.29, 1.82) is 0 Å². The van der Waals surface area contributed by atoms with E-state index < -0.39 is 5.97 Å². The van der Waals surface area contributed by atoms with E-state index in [1.54, 1.807) is 13.0 Å². The number of carboxylic acid groups (broad SMARTS) is 1. The number of amides is 1. The molecule has 0 aromatic carbocycles. The number of H-pyrrole nitrogens is 1. The van der Waals surface area contributed by atoms with E-state index in [9.17, 15) is 9.59 Å². The Morgan fingerprint density at radius 1 is 1.50 bits per heavy atom. The first kappa shape index (κ1) is 14.2. The van der Waals surface area contributed by atoms with Gasteiger partial charge in [0.2, 0.25) is 0 Å². The zero-order valence-electron chi connectivity index (χ0n) is 11.1. The number of aromatic amines is 1. The van der Waals surface area contributed by atoms with Gasteiger partial charge < -0.3 is 15.4 Å². The van der Waals surface area contributed by atoms with E-state index in [1.807, 2.05) is 6.92 Å². The van der Waals surface area contributed by atoms with Gasteiger partial charge in [0.1, 0.15) is 10.6 Å². The van der Waals surface area contributed by atoms with Gasteiger partial charge in [-0.25, -0.2) is 4.79 Å². The fraction of sp³-hybridized carbons (Fsp3) is 0.333. The van der Waals surface area contributed by atoms with Gasteiger partial charge in [0.25, 0.3) is 5.91 Å². The maximum Gasteiger partial charge on any atom is 0.354 e. The van der Waals surface area contributed by atoms with Gasteiger partial charge in [0.15, 0.2) is 0 Å². The second-order valence-corrected chi connectivity index (χ2v) is 5.05. The van der Waals surface area contributed by atoms with Crippen molar-refractivity contribution in [2.45, 2.75) is 26.7 Å². The first-order chi connectivity index (χ1) is 9.52. The molecule has 1 amide bonds. The minimum Gasteiger partial charge on any atom is -0.477 e. The molecule has 7 nitrogen and oxygen atoms in total. The van der Waals surface area contributed by atoms with E-state index in [-0.39, 0.29) is 17.3 Å². The minimum atomic E-state index is -1.12. The molecule has 0 atom stereocenters. The van der Waals surface area contributed by atoms with Crippen molar-refractivity contribution in [2.75, 3.05) is 5.32 Å². The number of aromatic carboxylic acids is 1. The fourth-order valence-corrected chi connectivity index (χ4v) is 2.42. The predicted molar refractivity (Wildman–Crippen MR) is 74.3 cm³/mol. The van der Waals surface area contributed by atoms with E-state index in [0.29, 0.717) is 22.7 Å². The second-order valence-electron chi connectivity index (χ2n) is 4.30. The number of carbonyl (C=O) groups excluding carboxylic acids is 1. The third-order valence-corrected chi connectivity index (χ3v) is 3.43. The minimum absolute atomic E-state index is 0.0367. The molecule has 106 valence electrons. The van der Waals surface area contributed by atoms with E-state index in [4.69, 9.17) is 5.11 Å². The lowest BCUT2D eigenvalue weighted by Gasteiger charge is -2.03. The van der Waals surface area contributed by atoms with Gasteiger partial charge in [-0.1, -0.05) is 17.8 Å². The number of aryl methyl sites for hydroxylation is 2. The van der Waals surface area contributed by atoms with Crippen molar-refractivity contribution in [1.82, 2.24) is 14.6 Å². The van der Waals surface area contributed by atoms with Crippen molar-refractivity contribution in [2.24, 2.45) is 0 Å². The molecular weight excluding hydrogens is 280 g/mol. The molecule has 0 fully saturated rings. The Balaban J connectivity index is 2.23. The topological polar surface area (TPSA) is 108 Å². The molecule has 0 aliphatic heterocycles. The summed E-state index contributed by atoms with van der Waals surface area (Å²) in [6, 6.07) is 1.58. The highest BCUT2D eigenvalue weighted by Gasteiger charge is 2.20. The number of nitrogens with zero attached hydrogens (tertiary/aromatic N) is 2. The lowest BCUT2D eigenvalue weighted by molar-refractivity contribution is 0.0692. The number of anilines is 1. The normalized spacial score (nSPS) is 10.5. The Labute approximate surface area is 119 Å². The molecule has 0 saturated carbocycles. The summed E-state index contributed by atoms with van der Waals surface area (Å²) >= 11 is 1.01.